The SMILES string of the molecule is CC(=O)Nc1ccc(-c2ccnc(Nc3ccc(N4CCN(C(=O)C5CCNCC5)CC4)cc3)n2)cc1. The van der Waals surface area contributed by atoms with Gasteiger partial charge in [-0.2, -0.15) is 0 Å². The molecule has 2 aliphatic rings. The van der Waals surface area contributed by atoms with Crippen molar-refractivity contribution in [1.82, 2.24) is 20.2 Å². The van der Waals surface area contributed by atoms with E-state index in [9.17, 15) is 9.59 Å². The number of carbonyl (C=O) groups is 2. The zero-order valence-corrected chi connectivity index (χ0v) is 21.1. The molecular weight excluding hydrogens is 466 g/mol. The molecule has 0 aliphatic carbocycles. The highest BCUT2D eigenvalue weighted by Crippen LogP contribution is 2.24. The summed E-state index contributed by atoms with van der Waals surface area (Å²) in [5.41, 5.74) is 4.53. The predicted molar refractivity (Wildman–Crippen MR) is 146 cm³/mol. The molecule has 1 aromatic heterocycles. The summed E-state index contributed by atoms with van der Waals surface area (Å²) in [7, 11) is 0. The van der Waals surface area contributed by atoms with E-state index in [-0.39, 0.29) is 11.8 Å². The lowest BCUT2D eigenvalue weighted by Crippen LogP contribution is -2.51. The van der Waals surface area contributed by atoms with E-state index in [1.54, 1.807) is 6.20 Å². The van der Waals surface area contributed by atoms with Crippen LogP contribution >= 0.6 is 0 Å². The molecule has 37 heavy (non-hydrogen) atoms. The van der Waals surface area contributed by atoms with Gasteiger partial charge in [0.05, 0.1) is 5.69 Å². The molecule has 9 nitrogen and oxygen atoms in total. The van der Waals surface area contributed by atoms with Crippen LogP contribution in [-0.2, 0) is 9.59 Å². The average Bonchev–Trinajstić information content (AvgIpc) is 2.94. The molecule has 2 aromatic carbocycles. The third-order valence-corrected chi connectivity index (χ3v) is 6.92. The zero-order valence-electron chi connectivity index (χ0n) is 21.1. The van der Waals surface area contributed by atoms with Gasteiger partial charge in [-0.1, -0.05) is 12.1 Å². The third-order valence-electron chi connectivity index (χ3n) is 6.92. The molecule has 3 heterocycles. The molecule has 5 rings (SSSR count). The summed E-state index contributed by atoms with van der Waals surface area (Å²) in [6.45, 7) is 6.61. The lowest BCUT2D eigenvalue weighted by molar-refractivity contribution is -0.136. The molecule has 9 heteroatoms. The number of aromatic nitrogens is 2. The fraction of sp³-hybridized carbons (Fsp3) is 0.357. The topological polar surface area (TPSA) is 102 Å². The Morgan fingerprint density at radius 1 is 0.892 bits per heavy atom. The molecule has 192 valence electrons. The minimum Gasteiger partial charge on any atom is -0.368 e. The van der Waals surface area contributed by atoms with Crippen molar-refractivity contribution in [2.45, 2.75) is 19.8 Å². The molecule has 0 bridgehead atoms. The Bertz CT molecular complexity index is 1220. The maximum absolute atomic E-state index is 12.8. The highest BCUT2D eigenvalue weighted by molar-refractivity contribution is 5.89. The number of rotatable bonds is 6. The van der Waals surface area contributed by atoms with Gasteiger partial charge >= 0.3 is 0 Å². The van der Waals surface area contributed by atoms with E-state index in [0.29, 0.717) is 11.9 Å². The fourth-order valence-corrected chi connectivity index (χ4v) is 4.90. The Hall–Kier alpha value is -3.98. The summed E-state index contributed by atoms with van der Waals surface area (Å²) in [5.74, 6) is 0.923. The Kier molecular flexibility index (Phi) is 7.60. The Labute approximate surface area is 217 Å². The minimum absolute atomic E-state index is 0.0998. The predicted octanol–water partition coefficient (Wildman–Crippen LogP) is 3.49. The van der Waals surface area contributed by atoms with E-state index >= 15 is 0 Å². The third kappa shape index (κ3) is 6.24. The number of piperazine rings is 1. The Balaban J connectivity index is 1.17. The smallest absolute Gasteiger partial charge is 0.227 e. The fourth-order valence-electron chi connectivity index (χ4n) is 4.90. The van der Waals surface area contributed by atoms with Gasteiger partial charge < -0.3 is 25.8 Å². The van der Waals surface area contributed by atoms with Crippen molar-refractivity contribution in [2.75, 3.05) is 54.8 Å². The number of anilines is 4. The number of hydrogen-bond donors (Lipinski definition) is 3. The number of nitrogens with one attached hydrogen (secondary N) is 3. The first-order valence-electron chi connectivity index (χ1n) is 12.9. The lowest BCUT2D eigenvalue weighted by atomic mass is 9.96. The van der Waals surface area contributed by atoms with Crippen LogP contribution in [0.4, 0.5) is 23.0 Å². The molecule has 3 N–H and O–H groups in total. The van der Waals surface area contributed by atoms with Gasteiger partial charge in [0.25, 0.3) is 0 Å². The molecule has 0 spiro atoms. The summed E-state index contributed by atoms with van der Waals surface area (Å²) in [5, 5.41) is 9.39. The normalized spacial score (nSPS) is 16.4. The number of hydrogen-bond acceptors (Lipinski definition) is 7. The zero-order chi connectivity index (χ0) is 25.6. The number of benzene rings is 2. The van der Waals surface area contributed by atoms with Crippen LogP contribution in [0.5, 0.6) is 0 Å². The molecular formula is C28H33N7O2. The molecule has 2 fully saturated rings. The first-order chi connectivity index (χ1) is 18.0. The summed E-state index contributed by atoms with van der Waals surface area (Å²) in [6.07, 6.45) is 3.63. The maximum Gasteiger partial charge on any atom is 0.227 e. The van der Waals surface area contributed by atoms with Gasteiger partial charge in [0, 0.05) is 67.8 Å². The number of carbonyl (C=O) groups excluding carboxylic acids is 2. The number of nitrogens with zero attached hydrogens (tertiary/aromatic N) is 4. The summed E-state index contributed by atoms with van der Waals surface area (Å²) in [6, 6.07) is 17.7. The van der Waals surface area contributed by atoms with Crippen molar-refractivity contribution in [2.24, 2.45) is 5.92 Å². The van der Waals surface area contributed by atoms with Crippen molar-refractivity contribution in [3.63, 3.8) is 0 Å². The molecule has 2 aliphatic heterocycles. The highest BCUT2D eigenvalue weighted by Gasteiger charge is 2.28. The second-order valence-corrected chi connectivity index (χ2v) is 9.53. The van der Waals surface area contributed by atoms with E-state index in [2.05, 4.69) is 43.0 Å². The van der Waals surface area contributed by atoms with Crippen molar-refractivity contribution >= 4 is 34.8 Å². The van der Waals surface area contributed by atoms with E-state index in [1.165, 1.54) is 6.92 Å². The van der Waals surface area contributed by atoms with Gasteiger partial charge in [0.2, 0.25) is 17.8 Å². The standard InChI is InChI=1S/C28H33N7O2/c1-20(36)31-23-4-2-21(3-5-23)26-12-15-30-28(33-26)32-24-6-8-25(9-7-24)34-16-18-35(19-17-34)27(37)22-10-13-29-14-11-22/h2-9,12,15,22,29H,10-11,13-14,16-19H2,1H3,(H,31,36)(H,30,32,33). The molecule has 0 saturated carbocycles. The minimum atomic E-state index is -0.0998. The van der Waals surface area contributed by atoms with Crippen LogP contribution in [0, 0.1) is 5.92 Å². The van der Waals surface area contributed by atoms with Crippen molar-refractivity contribution < 1.29 is 9.59 Å². The summed E-state index contributed by atoms with van der Waals surface area (Å²) < 4.78 is 0. The monoisotopic (exact) mass is 499 g/mol. The molecule has 0 atom stereocenters. The van der Waals surface area contributed by atoms with Crippen LogP contribution < -0.4 is 20.9 Å². The van der Waals surface area contributed by atoms with Gasteiger partial charge in [-0.25, -0.2) is 9.97 Å². The van der Waals surface area contributed by atoms with Crippen LogP contribution in [0.2, 0.25) is 0 Å². The summed E-state index contributed by atoms with van der Waals surface area (Å²) >= 11 is 0. The van der Waals surface area contributed by atoms with Crippen molar-refractivity contribution in [3.05, 3.63) is 60.8 Å². The molecule has 0 radical (unpaired) electrons. The number of amides is 2. The van der Waals surface area contributed by atoms with Crippen molar-refractivity contribution in [1.29, 1.82) is 0 Å². The van der Waals surface area contributed by atoms with Crippen LogP contribution in [-0.4, -0.2) is 66.0 Å². The van der Waals surface area contributed by atoms with E-state index in [4.69, 9.17) is 0 Å². The maximum atomic E-state index is 12.8. The van der Waals surface area contributed by atoms with Crippen LogP contribution in [0.1, 0.15) is 19.8 Å². The first kappa shape index (κ1) is 24.7. The average molecular weight is 500 g/mol. The molecule has 2 amide bonds. The molecule has 0 unspecified atom stereocenters. The van der Waals surface area contributed by atoms with E-state index in [0.717, 1.165) is 80.4 Å². The first-order valence-corrected chi connectivity index (χ1v) is 12.9. The van der Waals surface area contributed by atoms with Gasteiger partial charge in [-0.3, -0.25) is 9.59 Å². The Morgan fingerprint density at radius 3 is 2.24 bits per heavy atom. The quantitative estimate of drug-likeness (QED) is 0.477. The molecule has 3 aromatic rings. The van der Waals surface area contributed by atoms with Crippen molar-refractivity contribution in [3.8, 4) is 11.3 Å². The van der Waals surface area contributed by atoms with E-state index in [1.807, 2.05) is 47.4 Å². The Morgan fingerprint density at radius 2 is 1.57 bits per heavy atom. The van der Waals surface area contributed by atoms with Gasteiger partial charge in [0.1, 0.15) is 0 Å². The van der Waals surface area contributed by atoms with Gasteiger partial charge in [-0.15, -0.1) is 0 Å². The van der Waals surface area contributed by atoms with Crippen LogP contribution in [0.25, 0.3) is 11.3 Å². The van der Waals surface area contributed by atoms with E-state index < -0.39 is 0 Å². The molecule has 2 saturated heterocycles. The van der Waals surface area contributed by atoms with Crippen LogP contribution in [0.15, 0.2) is 60.8 Å². The second-order valence-electron chi connectivity index (χ2n) is 9.53. The number of piperidine rings is 1. The van der Waals surface area contributed by atoms with Gasteiger partial charge in [0.15, 0.2) is 0 Å². The second kappa shape index (κ2) is 11.4. The lowest BCUT2D eigenvalue weighted by Gasteiger charge is -2.38. The van der Waals surface area contributed by atoms with Gasteiger partial charge in [-0.05, 0) is 68.4 Å². The highest BCUT2D eigenvalue weighted by atomic mass is 16.2. The summed E-state index contributed by atoms with van der Waals surface area (Å²) in [4.78, 5) is 37.4. The van der Waals surface area contributed by atoms with Crippen LogP contribution in [0.3, 0.4) is 0 Å². The largest absolute Gasteiger partial charge is 0.368 e.